The van der Waals surface area contributed by atoms with Crippen molar-refractivity contribution in [2.24, 2.45) is 0 Å². The number of aryl methyl sites for hydroxylation is 1. The Bertz CT molecular complexity index is 619. The molecule has 2 rings (SSSR count). The van der Waals surface area contributed by atoms with Crippen LogP contribution < -0.4 is 5.32 Å². The highest BCUT2D eigenvalue weighted by Gasteiger charge is 2.15. The first kappa shape index (κ1) is 15.6. The summed E-state index contributed by atoms with van der Waals surface area (Å²) in [6, 6.07) is 9.54. The van der Waals surface area contributed by atoms with Crippen LogP contribution in [0, 0.1) is 6.92 Å². The summed E-state index contributed by atoms with van der Waals surface area (Å²) in [4.78, 5) is 11.5. The predicted molar refractivity (Wildman–Crippen MR) is 81.5 cm³/mol. The Hall–Kier alpha value is -1.78. The first-order valence-electron chi connectivity index (χ1n) is 6.67. The van der Waals surface area contributed by atoms with E-state index < -0.39 is 0 Å². The number of benzene rings is 1. The Morgan fingerprint density at radius 3 is 2.67 bits per heavy atom. The minimum absolute atomic E-state index is 0.147. The molecule has 112 valence electrons. The Morgan fingerprint density at radius 1 is 1.38 bits per heavy atom. The van der Waals surface area contributed by atoms with E-state index in [1.54, 1.807) is 13.0 Å². The maximum absolute atomic E-state index is 11.5. The SMILES string of the molecule is COC(=O)c1cc(CN[C@@H](C)c2ccc(Cl)cc2)oc1C. The van der Waals surface area contributed by atoms with Gasteiger partial charge >= 0.3 is 5.97 Å². The fraction of sp³-hybridized carbons (Fsp3) is 0.312. The van der Waals surface area contributed by atoms with Crippen molar-refractivity contribution in [3.8, 4) is 0 Å². The van der Waals surface area contributed by atoms with Crippen LogP contribution >= 0.6 is 11.6 Å². The van der Waals surface area contributed by atoms with Gasteiger partial charge in [0.25, 0.3) is 0 Å². The number of esters is 1. The zero-order valence-electron chi connectivity index (χ0n) is 12.3. The molecule has 21 heavy (non-hydrogen) atoms. The summed E-state index contributed by atoms with van der Waals surface area (Å²) in [5.41, 5.74) is 1.60. The molecule has 0 fully saturated rings. The van der Waals surface area contributed by atoms with Gasteiger partial charge in [0.1, 0.15) is 17.1 Å². The molecule has 1 heterocycles. The van der Waals surface area contributed by atoms with Gasteiger partial charge in [-0.3, -0.25) is 0 Å². The molecular formula is C16H18ClNO3. The smallest absolute Gasteiger partial charge is 0.341 e. The van der Waals surface area contributed by atoms with E-state index in [1.807, 2.05) is 24.3 Å². The zero-order chi connectivity index (χ0) is 15.4. The summed E-state index contributed by atoms with van der Waals surface area (Å²) in [6.07, 6.45) is 0. The Kier molecular flexibility index (Phi) is 5.04. The van der Waals surface area contributed by atoms with E-state index in [2.05, 4.69) is 12.2 Å². The third kappa shape index (κ3) is 3.86. The third-order valence-corrected chi connectivity index (χ3v) is 3.58. The van der Waals surface area contributed by atoms with Crippen LogP contribution in [-0.2, 0) is 11.3 Å². The van der Waals surface area contributed by atoms with Crippen molar-refractivity contribution in [1.82, 2.24) is 5.32 Å². The second kappa shape index (κ2) is 6.78. The number of halogens is 1. The predicted octanol–water partition coefficient (Wildman–Crippen LogP) is 3.88. The van der Waals surface area contributed by atoms with Crippen LogP contribution in [0.4, 0.5) is 0 Å². The van der Waals surface area contributed by atoms with E-state index >= 15 is 0 Å². The highest BCUT2D eigenvalue weighted by Crippen LogP contribution is 2.19. The molecule has 1 N–H and O–H groups in total. The molecule has 0 unspecified atom stereocenters. The number of furan rings is 1. The molecule has 0 aliphatic carbocycles. The van der Waals surface area contributed by atoms with Crippen molar-refractivity contribution in [3.05, 3.63) is 58.0 Å². The lowest BCUT2D eigenvalue weighted by molar-refractivity contribution is 0.0599. The fourth-order valence-corrected chi connectivity index (χ4v) is 2.19. The number of hydrogen-bond acceptors (Lipinski definition) is 4. The average molecular weight is 308 g/mol. The van der Waals surface area contributed by atoms with Gasteiger partial charge in [-0.05, 0) is 37.6 Å². The Labute approximate surface area is 129 Å². The second-order valence-electron chi connectivity index (χ2n) is 4.83. The van der Waals surface area contributed by atoms with Crippen LogP contribution in [0.2, 0.25) is 5.02 Å². The standard InChI is InChI=1S/C16H18ClNO3/c1-10(12-4-6-13(17)7-5-12)18-9-14-8-15(11(2)21-14)16(19)20-3/h4-8,10,18H,9H2,1-3H3/t10-/m0/s1. The lowest BCUT2D eigenvalue weighted by atomic mass is 10.1. The Morgan fingerprint density at radius 2 is 2.05 bits per heavy atom. The number of carbonyl (C=O) groups is 1. The van der Waals surface area contributed by atoms with Gasteiger partial charge in [0.05, 0.1) is 13.7 Å². The normalized spacial score (nSPS) is 12.2. The van der Waals surface area contributed by atoms with E-state index in [4.69, 9.17) is 20.8 Å². The lowest BCUT2D eigenvalue weighted by Crippen LogP contribution is -2.17. The van der Waals surface area contributed by atoms with E-state index in [0.717, 1.165) is 10.6 Å². The molecule has 1 aromatic heterocycles. The van der Waals surface area contributed by atoms with Gasteiger partial charge < -0.3 is 14.5 Å². The number of hydrogen-bond donors (Lipinski definition) is 1. The molecule has 4 nitrogen and oxygen atoms in total. The quantitative estimate of drug-likeness (QED) is 0.852. The summed E-state index contributed by atoms with van der Waals surface area (Å²) in [5, 5.41) is 4.06. The number of methoxy groups -OCH3 is 1. The molecule has 0 spiro atoms. The van der Waals surface area contributed by atoms with Crippen molar-refractivity contribution >= 4 is 17.6 Å². The van der Waals surface area contributed by atoms with Gasteiger partial charge in [0.15, 0.2) is 0 Å². The molecule has 1 atom stereocenters. The van der Waals surface area contributed by atoms with E-state index in [0.29, 0.717) is 23.6 Å². The molecule has 0 aliphatic heterocycles. The first-order chi connectivity index (χ1) is 10.0. The summed E-state index contributed by atoms with van der Waals surface area (Å²) in [6.45, 7) is 4.33. The first-order valence-corrected chi connectivity index (χ1v) is 7.05. The van der Waals surface area contributed by atoms with Crippen LogP contribution in [0.15, 0.2) is 34.7 Å². The van der Waals surface area contributed by atoms with Gasteiger partial charge in [-0.2, -0.15) is 0 Å². The van der Waals surface area contributed by atoms with Gasteiger partial charge in [0, 0.05) is 11.1 Å². The molecule has 1 aromatic carbocycles. The van der Waals surface area contributed by atoms with Gasteiger partial charge in [-0.15, -0.1) is 0 Å². The molecule has 0 saturated heterocycles. The summed E-state index contributed by atoms with van der Waals surface area (Å²) < 4.78 is 10.3. The summed E-state index contributed by atoms with van der Waals surface area (Å²) in [7, 11) is 1.36. The highest BCUT2D eigenvalue weighted by molar-refractivity contribution is 6.30. The van der Waals surface area contributed by atoms with Gasteiger partial charge in [-0.1, -0.05) is 23.7 Å². The number of ether oxygens (including phenoxy) is 1. The van der Waals surface area contributed by atoms with Gasteiger partial charge in [0.2, 0.25) is 0 Å². The summed E-state index contributed by atoms with van der Waals surface area (Å²) in [5.74, 6) is 0.889. The molecule has 5 heteroatoms. The van der Waals surface area contributed by atoms with Crippen molar-refractivity contribution in [3.63, 3.8) is 0 Å². The molecular weight excluding hydrogens is 290 g/mol. The highest BCUT2D eigenvalue weighted by atomic mass is 35.5. The van der Waals surface area contributed by atoms with Crippen LogP contribution in [0.25, 0.3) is 0 Å². The number of nitrogens with one attached hydrogen (secondary N) is 1. The van der Waals surface area contributed by atoms with Crippen molar-refractivity contribution in [2.45, 2.75) is 26.4 Å². The van der Waals surface area contributed by atoms with Crippen LogP contribution in [0.3, 0.4) is 0 Å². The average Bonchev–Trinajstić information content (AvgIpc) is 2.86. The topological polar surface area (TPSA) is 51.5 Å². The molecule has 0 amide bonds. The molecule has 0 aliphatic rings. The van der Waals surface area contributed by atoms with Crippen molar-refractivity contribution in [2.75, 3.05) is 7.11 Å². The lowest BCUT2D eigenvalue weighted by Gasteiger charge is -2.13. The fourth-order valence-electron chi connectivity index (χ4n) is 2.07. The minimum Gasteiger partial charge on any atom is -0.465 e. The largest absolute Gasteiger partial charge is 0.465 e. The van der Waals surface area contributed by atoms with E-state index in [-0.39, 0.29) is 12.0 Å². The van der Waals surface area contributed by atoms with Crippen molar-refractivity contribution in [1.29, 1.82) is 0 Å². The minimum atomic E-state index is -0.381. The molecule has 0 radical (unpaired) electrons. The monoisotopic (exact) mass is 307 g/mol. The summed E-state index contributed by atoms with van der Waals surface area (Å²) >= 11 is 5.87. The molecule has 0 saturated carbocycles. The number of carbonyl (C=O) groups excluding carboxylic acids is 1. The maximum Gasteiger partial charge on any atom is 0.341 e. The maximum atomic E-state index is 11.5. The second-order valence-corrected chi connectivity index (χ2v) is 5.26. The third-order valence-electron chi connectivity index (χ3n) is 3.33. The number of rotatable bonds is 5. The van der Waals surface area contributed by atoms with Crippen LogP contribution in [0.1, 0.15) is 40.4 Å². The molecule has 2 aromatic rings. The molecule has 0 bridgehead atoms. The van der Waals surface area contributed by atoms with E-state index in [9.17, 15) is 4.79 Å². The Balaban J connectivity index is 1.99. The van der Waals surface area contributed by atoms with Crippen LogP contribution in [0.5, 0.6) is 0 Å². The van der Waals surface area contributed by atoms with E-state index in [1.165, 1.54) is 7.11 Å². The zero-order valence-corrected chi connectivity index (χ0v) is 13.0. The van der Waals surface area contributed by atoms with Gasteiger partial charge in [-0.25, -0.2) is 4.79 Å². The van der Waals surface area contributed by atoms with Crippen molar-refractivity contribution < 1.29 is 13.9 Å². The van der Waals surface area contributed by atoms with Crippen LogP contribution in [-0.4, -0.2) is 13.1 Å².